The number of nitrogens with one attached hydrogen (secondary N) is 1. The second-order valence-corrected chi connectivity index (χ2v) is 13.6. The van der Waals surface area contributed by atoms with Crippen molar-refractivity contribution in [3.8, 4) is 56.4 Å². The summed E-state index contributed by atoms with van der Waals surface area (Å²) in [5.74, 6) is 1.91. The lowest BCUT2D eigenvalue weighted by Crippen LogP contribution is -2.01. The fourth-order valence-electron chi connectivity index (χ4n) is 7.11. The number of para-hydroxylation sites is 1. The lowest BCUT2D eigenvalue weighted by atomic mass is 9.95. The van der Waals surface area contributed by atoms with E-state index in [0.29, 0.717) is 17.5 Å². The van der Waals surface area contributed by atoms with E-state index in [-0.39, 0.29) is 0 Å². The maximum absolute atomic E-state index is 5.27. The van der Waals surface area contributed by atoms with Crippen LogP contribution < -0.4 is 0 Å². The normalized spacial score (nSPS) is 11.6. The van der Waals surface area contributed by atoms with Crippen LogP contribution in [0, 0.1) is 0 Å². The van der Waals surface area contributed by atoms with Gasteiger partial charge in [-0.1, -0.05) is 127 Å². The van der Waals surface area contributed by atoms with Crippen LogP contribution in [0.1, 0.15) is 0 Å². The minimum Gasteiger partial charge on any atom is -0.354 e. The summed E-state index contributed by atoms with van der Waals surface area (Å²) < 4.78 is 2.56. The predicted molar refractivity (Wildman–Crippen MR) is 209 cm³/mol. The third kappa shape index (κ3) is 4.79. The molecule has 0 spiro atoms. The largest absolute Gasteiger partial charge is 0.354 e. The number of rotatable bonds is 5. The highest BCUT2D eigenvalue weighted by Crippen LogP contribution is 2.42. The Morgan fingerprint density at radius 1 is 0.380 bits per heavy atom. The van der Waals surface area contributed by atoms with Crippen molar-refractivity contribution in [2.45, 2.75) is 0 Å². The van der Waals surface area contributed by atoms with E-state index in [9.17, 15) is 0 Å². The first-order chi connectivity index (χ1) is 24.8. The number of benzene rings is 7. The zero-order valence-corrected chi connectivity index (χ0v) is 27.7. The van der Waals surface area contributed by atoms with E-state index in [2.05, 4.69) is 151 Å². The van der Waals surface area contributed by atoms with Crippen molar-refractivity contribution in [1.82, 2.24) is 19.9 Å². The minimum atomic E-state index is 0.633. The molecule has 234 valence electrons. The summed E-state index contributed by atoms with van der Waals surface area (Å²) in [4.78, 5) is 19.2. The Bertz CT molecular complexity index is 2870. The van der Waals surface area contributed by atoms with Crippen LogP contribution >= 0.6 is 11.3 Å². The van der Waals surface area contributed by atoms with Gasteiger partial charge in [0, 0.05) is 58.7 Å². The van der Waals surface area contributed by atoms with Crippen LogP contribution in [-0.2, 0) is 0 Å². The third-order valence-corrected chi connectivity index (χ3v) is 10.7. The second-order valence-electron chi connectivity index (χ2n) is 12.5. The van der Waals surface area contributed by atoms with E-state index >= 15 is 0 Å². The minimum absolute atomic E-state index is 0.633. The van der Waals surface area contributed by atoms with Gasteiger partial charge in [0.2, 0.25) is 0 Å². The average Bonchev–Trinajstić information content (AvgIpc) is 3.77. The number of nitrogens with zero attached hydrogens (tertiary/aromatic N) is 3. The van der Waals surface area contributed by atoms with Gasteiger partial charge in [-0.25, -0.2) is 15.0 Å². The number of hydrogen-bond acceptors (Lipinski definition) is 4. The van der Waals surface area contributed by atoms with Crippen LogP contribution in [0.5, 0.6) is 0 Å². The Morgan fingerprint density at radius 3 is 1.80 bits per heavy atom. The highest BCUT2D eigenvalue weighted by Gasteiger charge is 2.19. The molecule has 0 amide bonds. The van der Waals surface area contributed by atoms with Gasteiger partial charge in [0.25, 0.3) is 0 Å². The zero-order valence-electron chi connectivity index (χ0n) is 26.8. The van der Waals surface area contributed by atoms with Crippen molar-refractivity contribution < 1.29 is 0 Å². The van der Waals surface area contributed by atoms with Crippen LogP contribution in [0.25, 0.3) is 98.4 Å². The molecule has 0 aliphatic heterocycles. The van der Waals surface area contributed by atoms with Crippen LogP contribution in [0.2, 0.25) is 0 Å². The van der Waals surface area contributed by atoms with Crippen molar-refractivity contribution in [1.29, 1.82) is 0 Å². The highest BCUT2D eigenvalue weighted by atomic mass is 32.1. The molecule has 0 atom stereocenters. The van der Waals surface area contributed by atoms with Gasteiger partial charge < -0.3 is 4.98 Å². The SMILES string of the molecule is c1ccc(-c2cc(-c3nc(-c4ccccc4)nc(-c4cccc5[nH]c6ccccc6c45)n3)cc(-c3cccc4c3sc3ccccc34)c2)cc1. The predicted octanol–water partition coefficient (Wildman–Crippen LogP) is 12.2. The number of aromatic nitrogens is 4. The van der Waals surface area contributed by atoms with Gasteiger partial charge in [-0.2, -0.15) is 0 Å². The molecule has 0 saturated heterocycles. The maximum atomic E-state index is 5.27. The van der Waals surface area contributed by atoms with Crippen molar-refractivity contribution in [3.05, 3.63) is 164 Å². The lowest BCUT2D eigenvalue weighted by molar-refractivity contribution is 1.08. The summed E-state index contributed by atoms with van der Waals surface area (Å²) in [6.07, 6.45) is 0. The molecule has 0 unspecified atom stereocenters. The molecule has 4 nitrogen and oxygen atoms in total. The summed E-state index contributed by atoms with van der Waals surface area (Å²) >= 11 is 1.84. The molecule has 0 aliphatic rings. The Morgan fingerprint density at radius 2 is 0.960 bits per heavy atom. The molecule has 5 heteroatoms. The maximum Gasteiger partial charge on any atom is 0.164 e. The van der Waals surface area contributed by atoms with Gasteiger partial charge >= 0.3 is 0 Å². The smallest absolute Gasteiger partial charge is 0.164 e. The third-order valence-electron chi connectivity index (χ3n) is 9.45. The molecule has 50 heavy (non-hydrogen) atoms. The summed E-state index contributed by atoms with van der Waals surface area (Å²) in [7, 11) is 0. The molecule has 0 aliphatic carbocycles. The molecule has 3 heterocycles. The summed E-state index contributed by atoms with van der Waals surface area (Å²) in [5, 5.41) is 4.81. The number of aromatic amines is 1. The quantitative estimate of drug-likeness (QED) is 0.201. The standard InChI is InChI=1S/C45H28N4S/c1-3-13-28(14-4-1)30-25-31(33-19-11-20-35-34-17-8-10-24-40(34)50-42(33)35)27-32(26-30)44-47-43(29-15-5-2-6-16-29)48-45(49-44)37-21-12-23-39-41(37)36-18-7-9-22-38(36)46-39/h1-27,46H. The van der Waals surface area contributed by atoms with E-state index in [1.807, 2.05) is 29.5 Å². The fraction of sp³-hybridized carbons (Fsp3) is 0. The van der Waals surface area contributed by atoms with Crippen LogP contribution in [0.15, 0.2) is 164 Å². The Labute approximate surface area is 292 Å². The molecule has 0 fully saturated rings. The van der Waals surface area contributed by atoms with Crippen LogP contribution in [0.4, 0.5) is 0 Å². The molecule has 0 radical (unpaired) electrons. The zero-order chi connectivity index (χ0) is 33.0. The van der Waals surface area contributed by atoms with E-state index < -0.39 is 0 Å². The van der Waals surface area contributed by atoms with E-state index in [0.717, 1.165) is 55.2 Å². The Hall–Kier alpha value is -6.43. The molecular weight excluding hydrogens is 629 g/mol. The number of hydrogen-bond donors (Lipinski definition) is 1. The van der Waals surface area contributed by atoms with E-state index in [1.54, 1.807) is 0 Å². The molecular formula is C45H28N4S. The van der Waals surface area contributed by atoms with Gasteiger partial charge in [0.15, 0.2) is 17.5 Å². The summed E-state index contributed by atoms with van der Waals surface area (Å²) in [6.45, 7) is 0. The molecule has 0 saturated carbocycles. The number of H-pyrrole nitrogens is 1. The first kappa shape index (κ1) is 28.6. The first-order valence-corrected chi connectivity index (χ1v) is 17.5. The second kappa shape index (κ2) is 11.6. The van der Waals surface area contributed by atoms with Gasteiger partial charge in [-0.15, -0.1) is 11.3 Å². The number of thiophene rings is 1. The Kier molecular flexibility index (Phi) is 6.64. The van der Waals surface area contributed by atoms with Crippen LogP contribution in [-0.4, -0.2) is 19.9 Å². The van der Waals surface area contributed by atoms with E-state index in [4.69, 9.17) is 15.0 Å². The molecule has 1 N–H and O–H groups in total. The van der Waals surface area contributed by atoms with Gasteiger partial charge in [0.1, 0.15) is 0 Å². The molecule has 0 bridgehead atoms. The molecule has 10 aromatic rings. The first-order valence-electron chi connectivity index (χ1n) is 16.7. The lowest BCUT2D eigenvalue weighted by Gasteiger charge is -2.13. The molecule has 10 rings (SSSR count). The topological polar surface area (TPSA) is 54.5 Å². The molecule has 3 aromatic heterocycles. The summed E-state index contributed by atoms with van der Waals surface area (Å²) in [6, 6.07) is 57.5. The van der Waals surface area contributed by atoms with Crippen molar-refractivity contribution >= 4 is 53.3 Å². The van der Waals surface area contributed by atoms with Crippen molar-refractivity contribution in [2.75, 3.05) is 0 Å². The van der Waals surface area contributed by atoms with Gasteiger partial charge in [-0.05, 0) is 58.7 Å². The highest BCUT2D eigenvalue weighted by molar-refractivity contribution is 7.26. The average molecular weight is 657 g/mol. The van der Waals surface area contributed by atoms with Crippen molar-refractivity contribution in [2.24, 2.45) is 0 Å². The monoisotopic (exact) mass is 656 g/mol. The fourth-order valence-corrected chi connectivity index (χ4v) is 8.35. The van der Waals surface area contributed by atoms with Gasteiger partial charge in [-0.3, -0.25) is 0 Å². The van der Waals surface area contributed by atoms with E-state index in [1.165, 1.54) is 25.7 Å². The molecule has 7 aromatic carbocycles. The van der Waals surface area contributed by atoms with Crippen molar-refractivity contribution in [3.63, 3.8) is 0 Å². The number of fused-ring (bicyclic) bond motifs is 6. The van der Waals surface area contributed by atoms with Crippen LogP contribution in [0.3, 0.4) is 0 Å². The summed E-state index contributed by atoms with van der Waals surface area (Å²) in [5.41, 5.74) is 9.56. The van der Waals surface area contributed by atoms with Gasteiger partial charge in [0.05, 0.1) is 0 Å². The Balaban J connectivity index is 1.24.